The summed E-state index contributed by atoms with van der Waals surface area (Å²) in [5.41, 5.74) is 9.59. The van der Waals surface area contributed by atoms with Crippen LogP contribution >= 0.6 is 24.0 Å². The van der Waals surface area contributed by atoms with Crippen LogP contribution in [0.2, 0.25) is 0 Å². The van der Waals surface area contributed by atoms with Gasteiger partial charge in [0.1, 0.15) is 0 Å². The Morgan fingerprint density at radius 3 is 2.17 bits per heavy atom. The van der Waals surface area contributed by atoms with Gasteiger partial charge in [-0.05, 0) is 30.4 Å². The Hall–Kier alpha value is -0.780. The second-order valence-electron chi connectivity index (χ2n) is 4.05. The quantitative estimate of drug-likeness (QED) is 0.479. The molecule has 0 unspecified atom stereocenters. The van der Waals surface area contributed by atoms with Crippen LogP contribution in [0.5, 0.6) is 0 Å². The number of aliphatic imine (C=N–C) groups is 1. The first kappa shape index (κ1) is 17.2. The highest BCUT2D eigenvalue weighted by atomic mass is 127. The van der Waals surface area contributed by atoms with E-state index in [2.05, 4.69) is 49.3 Å². The zero-order valence-corrected chi connectivity index (χ0v) is 13.8. The summed E-state index contributed by atoms with van der Waals surface area (Å²) in [7, 11) is 0. The second kappa shape index (κ2) is 9.19. The van der Waals surface area contributed by atoms with Gasteiger partial charge in [0, 0.05) is 12.2 Å². The van der Waals surface area contributed by atoms with Crippen LogP contribution in [0.1, 0.15) is 38.3 Å². The topological polar surface area (TPSA) is 50.4 Å². The van der Waals surface area contributed by atoms with Gasteiger partial charge >= 0.3 is 0 Å². The zero-order chi connectivity index (χ0) is 12.7. The van der Waals surface area contributed by atoms with E-state index in [1.165, 1.54) is 11.1 Å². The Morgan fingerprint density at radius 2 is 1.72 bits per heavy atom. The largest absolute Gasteiger partial charge is 0.370 e. The Bertz CT molecular complexity index is 366. The summed E-state index contributed by atoms with van der Waals surface area (Å²) < 4.78 is 0. The van der Waals surface area contributed by atoms with Crippen LogP contribution in [-0.2, 0) is 12.8 Å². The lowest BCUT2D eigenvalue weighted by Crippen LogP contribution is -2.24. The summed E-state index contributed by atoms with van der Waals surface area (Å²) in [6.07, 6.45) is 3.01. The summed E-state index contributed by atoms with van der Waals surface area (Å²) in [5, 5.41) is 3.24. The first-order chi connectivity index (χ1) is 8.22. The highest BCUT2D eigenvalue weighted by Gasteiger charge is 2.06. The predicted octanol–water partition coefficient (Wildman–Crippen LogP) is 3.57. The minimum atomic E-state index is 0. The lowest BCUT2D eigenvalue weighted by molar-refractivity contribution is 0.929. The molecule has 0 aliphatic carbocycles. The van der Waals surface area contributed by atoms with Crippen LogP contribution in [0.4, 0.5) is 5.69 Å². The van der Waals surface area contributed by atoms with Crippen LogP contribution in [0.3, 0.4) is 0 Å². The Morgan fingerprint density at radius 1 is 1.17 bits per heavy atom. The minimum absolute atomic E-state index is 0. The van der Waals surface area contributed by atoms with Gasteiger partial charge < -0.3 is 11.1 Å². The maximum atomic E-state index is 5.88. The van der Waals surface area contributed by atoms with E-state index in [-0.39, 0.29) is 24.0 Å². The van der Waals surface area contributed by atoms with Crippen molar-refractivity contribution in [2.24, 2.45) is 10.7 Å². The number of nitrogens with zero attached hydrogens (tertiary/aromatic N) is 1. The van der Waals surface area contributed by atoms with E-state index in [1.807, 2.05) is 0 Å². The van der Waals surface area contributed by atoms with E-state index in [4.69, 9.17) is 5.73 Å². The number of anilines is 1. The molecule has 0 aliphatic rings. The number of rotatable bonds is 5. The molecular formula is C14H24IN3. The lowest BCUT2D eigenvalue weighted by atomic mass is 10.0. The number of hydrogen-bond acceptors (Lipinski definition) is 1. The van der Waals surface area contributed by atoms with Crippen molar-refractivity contribution in [1.29, 1.82) is 0 Å². The monoisotopic (exact) mass is 361 g/mol. The molecule has 0 aromatic heterocycles. The molecule has 0 amide bonds. The van der Waals surface area contributed by atoms with Crippen molar-refractivity contribution in [2.45, 2.75) is 40.0 Å². The van der Waals surface area contributed by atoms with E-state index in [0.717, 1.165) is 31.5 Å². The van der Waals surface area contributed by atoms with Crippen molar-refractivity contribution in [1.82, 2.24) is 0 Å². The fourth-order valence-corrected chi connectivity index (χ4v) is 1.80. The van der Waals surface area contributed by atoms with Gasteiger partial charge in [-0.2, -0.15) is 0 Å². The van der Waals surface area contributed by atoms with Gasteiger partial charge in [0.25, 0.3) is 0 Å². The predicted molar refractivity (Wildman–Crippen MR) is 91.0 cm³/mol. The molecule has 0 atom stereocenters. The van der Waals surface area contributed by atoms with Gasteiger partial charge in [-0.3, -0.25) is 4.99 Å². The van der Waals surface area contributed by atoms with Crippen molar-refractivity contribution < 1.29 is 0 Å². The van der Waals surface area contributed by atoms with Gasteiger partial charge in [0.15, 0.2) is 5.96 Å². The number of nitrogens with one attached hydrogen (secondary N) is 1. The smallest absolute Gasteiger partial charge is 0.193 e. The molecule has 1 aromatic rings. The minimum Gasteiger partial charge on any atom is -0.370 e. The average molecular weight is 361 g/mol. The molecule has 0 radical (unpaired) electrons. The van der Waals surface area contributed by atoms with Gasteiger partial charge in [-0.25, -0.2) is 0 Å². The summed E-state index contributed by atoms with van der Waals surface area (Å²) >= 11 is 0. The Kier molecular flexibility index (Phi) is 8.79. The summed E-state index contributed by atoms with van der Waals surface area (Å²) in [4.78, 5) is 4.27. The molecule has 4 heteroatoms. The number of nitrogens with two attached hydrogens (primary N) is 1. The lowest BCUT2D eigenvalue weighted by Gasteiger charge is -2.14. The van der Waals surface area contributed by atoms with Crippen molar-refractivity contribution in [2.75, 3.05) is 11.9 Å². The van der Waals surface area contributed by atoms with Crippen LogP contribution in [-0.4, -0.2) is 12.5 Å². The number of para-hydroxylation sites is 1. The van der Waals surface area contributed by atoms with Crippen LogP contribution in [0, 0.1) is 0 Å². The van der Waals surface area contributed by atoms with Gasteiger partial charge in [0.2, 0.25) is 0 Å². The zero-order valence-electron chi connectivity index (χ0n) is 11.5. The first-order valence-electron chi connectivity index (χ1n) is 6.40. The average Bonchev–Trinajstić information content (AvgIpc) is 2.36. The van der Waals surface area contributed by atoms with E-state index >= 15 is 0 Å². The third kappa shape index (κ3) is 4.84. The molecule has 0 aliphatic heterocycles. The fourth-order valence-electron chi connectivity index (χ4n) is 1.80. The fraction of sp³-hybridized carbons (Fsp3) is 0.500. The number of hydrogen-bond donors (Lipinski definition) is 2. The van der Waals surface area contributed by atoms with Crippen LogP contribution in [0.25, 0.3) is 0 Å². The molecule has 0 heterocycles. The molecule has 3 N–H and O–H groups in total. The van der Waals surface area contributed by atoms with Gasteiger partial charge in [-0.1, -0.05) is 39.0 Å². The number of halogens is 1. The Balaban J connectivity index is 0.00000289. The van der Waals surface area contributed by atoms with Crippen molar-refractivity contribution in [3.63, 3.8) is 0 Å². The summed E-state index contributed by atoms with van der Waals surface area (Å²) in [6.45, 7) is 7.17. The first-order valence-corrected chi connectivity index (χ1v) is 6.40. The second-order valence-corrected chi connectivity index (χ2v) is 4.05. The molecule has 1 aromatic carbocycles. The molecule has 0 fully saturated rings. The summed E-state index contributed by atoms with van der Waals surface area (Å²) in [6, 6.07) is 6.37. The van der Waals surface area contributed by atoms with E-state index in [9.17, 15) is 0 Å². The number of aryl methyl sites for hydroxylation is 2. The van der Waals surface area contributed by atoms with E-state index in [0.29, 0.717) is 5.96 Å². The maximum absolute atomic E-state index is 5.88. The molecule has 102 valence electrons. The number of guanidine groups is 1. The molecule has 0 saturated carbocycles. The van der Waals surface area contributed by atoms with E-state index < -0.39 is 0 Å². The maximum Gasteiger partial charge on any atom is 0.193 e. The highest BCUT2D eigenvalue weighted by molar-refractivity contribution is 14.0. The molecule has 3 nitrogen and oxygen atoms in total. The molecule has 0 saturated heterocycles. The normalized spacial score (nSPS) is 10.9. The van der Waals surface area contributed by atoms with Crippen LogP contribution < -0.4 is 11.1 Å². The van der Waals surface area contributed by atoms with E-state index in [1.54, 1.807) is 0 Å². The van der Waals surface area contributed by atoms with Gasteiger partial charge in [0.05, 0.1) is 0 Å². The third-order valence-electron chi connectivity index (χ3n) is 2.76. The summed E-state index contributed by atoms with van der Waals surface area (Å²) in [5.74, 6) is 0.516. The molecule has 0 bridgehead atoms. The number of benzene rings is 1. The van der Waals surface area contributed by atoms with Crippen molar-refractivity contribution in [3.05, 3.63) is 29.3 Å². The molecule has 1 rings (SSSR count). The molecule has 0 spiro atoms. The van der Waals surface area contributed by atoms with Crippen LogP contribution in [0.15, 0.2) is 23.2 Å². The third-order valence-corrected chi connectivity index (χ3v) is 2.76. The van der Waals surface area contributed by atoms with Crippen molar-refractivity contribution in [3.8, 4) is 0 Å². The Labute approximate surface area is 127 Å². The van der Waals surface area contributed by atoms with Gasteiger partial charge in [-0.15, -0.1) is 24.0 Å². The van der Waals surface area contributed by atoms with Crippen molar-refractivity contribution >= 4 is 35.6 Å². The SMILES string of the molecule is CCCN=C(N)Nc1c(CC)cccc1CC.I. The highest BCUT2D eigenvalue weighted by Crippen LogP contribution is 2.22. The molecular weight excluding hydrogens is 337 g/mol. The standard InChI is InChI=1S/C14H23N3.HI/c1-4-10-16-14(15)17-13-11(5-2)8-7-9-12(13)6-3;/h7-9H,4-6,10H2,1-3H3,(H3,15,16,17);1H. The molecule has 18 heavy (non-hydrogen) atoms.